The third-order valence-corrected chi connectivity index (χ3v) is 4.91. The molecule has 0 atom stereocenters. The maximum atomic E-state index is 13.0. The van der Waals surface area contributed by atoms with E-state index >= 15 is 0 Å². The molecule has 0 spiro atoms. The predicted molar refractivity (Wildman–Crippen MR) is 116 cm³/mol. The Kier molecular flexibility index (Phi) is 6.57. The summed E-state index contributed by atoms with van der Waals surface area (Å²) in [6.07, 6.45) is 1.67. The minimum Gasteiger partial charge on any atom is -0.488 e. The zero-order valence-electron chi connectivity index (χ0n) is 15.0. The van der Waals surface area contributed by atoms with E-state index in [0.717, 1.165) is 14.7 Å². The second-order valence-electron chi connectivity index (χ2n) is 6.08. The summed E-state index contributed by atoms with van der Waals surface area (Å²) in [5.41, 5.74) is 2.36. The Labute approximate surface area is 180 Å². The first-order chi connectivity index (χ1) is 14.0. The first-order valence-electron chi connectivity index (χ1n) is 8.49. The van der Waals surface area contributed by atoms with Crippen LogP contribution in [0.15, 0.2) is 66.7 Å². The number of nitro benzene ring substituents is 1. The highest BCUT2D eigenvalue weighted by Crippen LogP contribution is 2.27. The first kappa shape index (κ1) is 20.5. The molecule has 144 valence electrons. The summed E-state index contributed by atoms with van der Waals surface area (Å²) >= 11 is 2.14. The van der Waals surface area contributed by atoms with Gasteiger partial charge in [-0.25, -0.2) is 4.39 Å². The van der Waals surface area contributed by atoms with Gasteiger partial charge in [0.05, 0.1) is 20.1 Å². The van der Waals surface area contributed by atoms with Crippen LogP contribution in [0.25, 0.3) is 11.6 Å². The normalized spacial score (nSPS) is 11.0. The van der Waals surface area contributed by atoms with Crippen LogP contribution in [0.2, 0.25) is 0 Å². The zero-order chi connectivity index (χ0) is 20.8. The first-order valence-corrected chi connectivity index (χ1v) is 9.57. The highest BCUT2D eigenvalue weighted by Gasteiger charge is 2.10. The van der Waals surface area contributed by atoms with Gasteiger partial charge in [-0.1, -0.05) is 30.3 Å². The van der Waals surface area contributed by atoms with Crippen molar-refractivity contribution in [2.24, 2.45) is 0 Å². The number of nitriles is 1. The maximum Gasteiger partial charge on any atom is 0.270 e. The van der Waals surface area contributed by atoms with Crippen LogP contribution in [0, 0.1) is 30.8 Å². The molecule has 7 heteroatoms. The van der Waals surface area contributed by atoms with E-state index in [9.17, 15) is 19.8 Å². The molecule has 5 nitrogen and oxygen atoms in total. The molecule has 0 fully saturated rings. The second kappa shape index (κ2) is 9.30. The van der Waals surface area contributed by atoms with E-state index in [1.807, 2.05) is 6.07 Å². The molecule has 0 aliphatic carbocycles. The molecule has 0 heterocycles. The van der Waals surface area contributed by atoms with Gasteiger partial charge in [0.15, 0.2) is 0 Å². The van der Waals surface area contributed by atoms with Crippen LogP contribution in [0.4, 0.5) is 10.1 Å². The average Bonchev–Trinajstić information content (AvgIpc) is 2.72. The van der Waals surface area contributed by atoms with Crippen molar-refractivity contribution in [2.75, 3.05) is 0 Å². The molecule has 0 aliphatic heterocycles. The lowest BCUT2D eigenvalue weighted by Gasteiger charge is -2.09. The van der Waals surface area contributed by atoms with E-state index in [-0.39, 0.29) is 11.5 Å². The van der Waals surface area contributed by atoms with Crippen LogP contribution in [0.5, 0.6) is 5.75 Å². The van der Waals surface area contributed by atoms with Crippen LogP contribution in [-0.2, 0) is 6.61 Å². The zero-order valence-corrected chi connectivity index (χ0v) is 17.2. The van der Waals surface area contributed by atoms with Gasteiger partial charge in [0.2, 0.25) is 0 Å². The van der Waals surface area contributed by atoms with Crippen molar-refractivity contribution < 1.29 is 14.1 Å². The van der Waals surface area contributed by atoms with Crippen molar-refractivity contribution in [1.82, 2.24) is 0 Å². The molecule has 0 bridgehead atoms. The highest BCUT2D eigenvalue weighted by molar-refractivity contribution is 14.1. The number of non-ortho nitro benzene ring substituents is 1. The molecular weight excluding hydrogens is 486 g/mol. The largest absolute Gasteiger partial charge is 0.488 e. The van der Waals surface area contributed by atoms with Gasteiger partial charge in [0, 0.05) is 12.1 Å². The third-order valence-electron chi connectivity index (χ3n) is 4.06. The summed E-state index contributed by atoms with van der Waals surface area (Å²) in [5, 5.41) is 20.4. The van der Waals surface area contributed by atoms with Gasteiger partial charge in [-0.3, -0.25) is 10.1 Å². The second-order valence-corrected chi connectivity index (χ2v) is 7.24. The lowest BCUT2D eigenvalue weighted by molar-refractivity contribution is -0.384. The Morgan fingerprint density at radius 3 is 2.59 bits per heavy atom. The number of hydrogen-bond donors (Lipinski definition) is 0. The number of allylic oxidation sites excluding steroid dienone is 1. The van der Waals surface area contributed by atoms with E-state index in [2.05, 4.69) is 28.7 Å². The van der Waals surface area contributed by atoms with Gasteiger partial charge in [-0.2, -0.15) is 5.26 Å². The SMILES string of the molecule is N#C/C(=C/c1ccc(OCc2ccc(F)cc2)c(I)c1)c1cccc([N+](=O)[O-])c1. The van der Waals surface area contributed by atoms with Gasteiger partial charge in [0.25, 0.3) is 5.69 Å². The molecule has 0 saturated heterocycles. The molecule has 0 saturated carbocycles. The smallest absolute Gasteiger partial charge is 0.270 e. The lowest BCUT2D eigenvalue weighted by Crippen LogP contribution is -1.97. The fourth-order valence-electron chi connectivity index (χ4n) is 2.60. The molecule has 0 radical (unpaired) electrons. The minimum atomic E-state index is -0.491. The molecule has 0 amide bonds. The Balaban J connectivity index is 1.79. The van der Waals surface area contributed by atoms with E-state index in [1.165, 1.54) is 24.3 Å². The van der Waals surface area contributed by atoms with Gasteiger partial charge >= 0.3 is 0 Å². The summed E-state index contributed by atoms with van der Waals surface area (Å²) in [6, 6.07) is 19.6. The molecule has 29 heavy (non-hydrogen) atoms. The number of nitrogens with zero attached hydrogens (tertiary/aromatic N) is 2. The third kappa shape index (κ3) is 5.39. The van der Waals surface area contributed by atoms with Crippen LogP contribution in [0.1, 0.15) is 16.7 Å². The quantitative estimate of drug-likeness (QED) is 0.137. The number of rotatable bonds is 6. The standard InChI is InChI=1S/C22H14FIN2O3/c23-19-7-4-15(5-8-19)14-29-22-9-6-16(11-21(22)24)10-18(13-25)17-2-1-3-20(12-17)26(27)28/h1-12H,14H2/b18-10-. The molecule has 3 aromatic rings. The highest BCUT2D eigenvalue weighted by atomic mass is 127. The molecule has 3 rings (SSSR count). The van der Waals surface area contributed by atoms with Crippen molar-refractivity contribution in [3.05, 3.63) is 103 Å². The van der Waals surface area contributed by atoms with E-state index in [1.54, 1.807) is 42.5 Å². The van der Waals surface area contributed by atoms with Gasteiger partial charge in [-0.15, -0.1) is 0 Å². The number of ether oxygens (including phenoxy) is 1. The predicted octanol–water partition coefficient (Wildman–Crippen LogP) is 5.98. The van der Waals surface area contributed by atoms with Crippen molar-refractivity contribution in [3.8, 4) is 11.8 Å². The minimum absolute atomic E-state index is 0.0669. The van der Waals surface area contributed by atoms with Crippen LogP contribution in [0.3, 0.4) is 0 Å². The average molecular weight is 500 g/mol. The topological polar surface area (TPSA) is 76.2 Å². The molecule has 0 aliphatic rings. The van der Waals surface area contributed by atoms with Crippen molar-refractivity contribution in [2.45, 2.75) is 6.61 Å². The number of halogens is 2. The molecule has 0 aromatic heterocycles. The summed E-state index contributed by atoms with van der Waals surface area (Å²) in [4.78, 5) is 10.5. The molecule has 0 N–H and O–H groups in total. The van der Waals surface area contributed by atoms with Crippen molar-refractivity contribution >= 4 is 39.9 Å². The van der Waals surface area contributed by atoms with E-state index in [0.29, 0.717) is 23.5 Å². The lowest BCUT2D eigenvalue weighted by atomic mass is 10.0. The van der Waals surface area contributed by atoms with Crippen LogP contribution < -0.4 is 4.74 Å². The summed E-state index contributed by atoms with van der Waals surface area (Å²) in [6.45, 7) is 0.308. The van der Waals surface area contributed by atoms with E-state index in [4.69, 9.17) is 4.74 Å². The van der Waals surface area contributed by atoms with Crippen LogP contribution in [-0.4, -0.2) is 4.92 Å². The fraction of sp³-hybridized carbons (Fsp3) is 0.0455. The summed E-state index contributed by atoms with van der Waals surface area (Å²) in [7, 11) is 0. The fourth-order valence-corrected chi connectivity index (χ4v) is 3.29. The van der Waals surface area contributed by atoms with Gasteiger partial charge in [-0.05, 0) is 69.6 Å². The molecule has 3 aromatic carbocycles. The Bertz CT molecular complexity index is 1120. The Morgan fingerprint density at radius 1 is 1.17 bits per heavy atom. The van der Waals surface area contributed by atoms with E-state index < -0.39 is 4.92 Å². The number of hydrogen-bond acceptors (Lipinski definition) is 4. The van der Waals surface area contributed by atoms with Crippen molar-refractivity contribution in [3.63, 3.8) is 0 Å². The number of nitro groups is 1. The monoisotopic (exact) mass is 500 g/mol. The molecular formula is C22H14FIN2O3. The number of benzene rings is 3. The Morgan fingerprint density at radius 2 is 1.93 bits per heavy atom. The van der Waals surface area contributed by atoms with Crippen LogP contribution >= 0.6 is 22.6 Å². The summed E-state index contributed by atoms with van der Waals surface area (Å²) < 4.78 is 19.6. The van der Waals surface area contributed by atoms with Gasteiger partial charge in [0.1, 0.15) is 18.2 Å². The Hall–Kier alpha value is -3.25. The van der Waals surface area contributed by atoms with Crippen molar-refractivity contribution in [1.29, 1.82) is 5.26 Å². The maximum absolute atomic E-state index is 13.0. The van der Waals surface area contributed by atoms with Gasteiger partial charge < -0.3 is 4.74 Å². The summed E-state index contributed by atoms with van der Waals surface area (Å²) in [5.74, 6) is 0.373. The molecule has 0 unspecified atom stereocenters.